The molecule has 0 aliphatic carbocycles. The van der Waals surface area contributed by atoms with Crippen molar-refractivity contribution in [1.29, 1.82) is 0 Å². The Morgan fingerprint density at radius 2 is 2.43 bits per heavy atom. The third-order valence-electron chi connectivity index (χ3n) is 2.18. The molecule has 1 atom stereocenters. The van der Waals surface area contributed by atoms with E-state index in [2.05, 4.69) is 44.8 Å². The van der Waals surface area contributed by atoms with Gasteiger partial charge >= 0.3 is 0 Å². The molecular weight excluding hydrogens is 262 g/mol. The zero-order chi connectivity index (χ0) is 10.1. The first kappa shape index (κ1) is 9.73. The summed E-state index contributed by atoms with van der Waals surface area (Å²) in [5.74, 6) is 0.670. The Bertz CT molecular complexity index is 421. The summed E-state index contributed by atoms with van der Waals surface area (Å²) in [7, 11) is 0. The summed E-state index contributed by atoms with van der Waals surface area (Å²) in [5.41, 5.74) is 7.10. The van der Waals surface area contributed by atoms with Gasteiger partial charge in [-0.25, -0.2) is 4.68 Å². The van der Waals surface area contributed by atoms with Crippen molar-refractivity contribution < 1.29 is 0 Å². The average molecular weight is 272 g/mol. The summed E-state index contributed by atoms with van der Waals surface area (Å²) in [4.78, 5) is 0. The lowest BCUT2D eigenvalue weighted by molar-refractivity contribution is 0.574. The molecule has 14 heavy (non-hydrogen) atoms. The minimum Gasteiger partial charge on any atom is -0.383 e. The molecule has 2 heterocycles. The Morgan fingerprint density at radius 1 is 1.64 bits per heavy atom. The number of thiophene rings is 1. The van der Waals surface area contributed by atoms with Gasteiger partial charge in [-0.15, -0.1) is 0 Å². The first-order valence-corrected chi connectivity index (χ1v) is 5.94. The minimum atomic E-state index is 0.188. The molecule has 0 bridgehead atoms. The van der Waals surface area contributed by atoms with Crippen LogP contribution in [0, 0.1) is 0 Å². The lowest BCUT2D eigenvalue weighted by Gasteiger charge is -2.12. The van der Waals surface area contributed by atoms with Crippen molar-refractivity contribution in [3.05, 3.63) is 33.1 Å². The van der Waals surface area contributed by atoms with Crippen molar-refractivity contribution in [2.75, 3.05) is 5.73 Å². The van der Waals surface area contributed by atoms with Crippen molar-refractivity contribution in [1.82, 2.24) is 9.78 Å². The highest BCUT2D eigenvalue weighted by atomic mass is 79.9. The van der Waals surface area contributed by atoms with E-state index in [4.69, 9.17) is 5.73 Å². The Balaban J connectivity index is 2.36. The maximum atomic E-state index is 5.87. The Kier molecular flexibility index (Phi) is 2.60. The molecule has 1 unspecified atom stereocenters. The molecule has 2 aromatic rings. The summed E-state index contributed by atoms with van der Waals surface area (Å²) < 4.78 is 2.66. The number of anilines is 1. The fourth-order valence-electron chi connectivity index (χ4n) is 1.31. The van der Waals surface area contributed by atoms with Gasteiger partial charge in [0.2, 0.25) is 0 Å². The quantitative estimate of drug-likeness (QED) is 0.913. The van der Waals surface area contributed by atoms with E-state index >= 15 is 0 Å². The van der Waals surface area contributed by atoms with E-state index in [1.54, 1.807) is 17.5 Å². The van der Waals surface area contributed by atoms with E-state index in [1.807, 2.05) is 4.68 Å². The van der Waals surface area contributed by atoms with Crippen LogP contribution in [0.5, 0.6) is 0 Å². The normalized spacial score (nSPS) is 13.0. The van der Waals surface area contributed by atoms with Gasteiger partial charge in [-0.1, -0.05) is 0 Å². The van der Waals surface area contributed by atoms with Crippen LogP contribution in [0.2, 0.25) is 0 Å². The van der Waals surface area contributed by atoms with Crippen molar-refractivity contribution >= 4 is 33.1 Å². The topological polar surface area (TPSA) is 43.8 Å². The summed E-state index contributed by atoms with van der Waals surface area (Å²) in [5, 5.41) is 8.39. The van der Waals surface area contributed by atoms with Crippen LogP contribution in [0.1, 0.15) is 18.5 Å². The molecule has 3 nitrogen and oxygen atoms in total. The maximum absolute atomic E-state index is 5.87. The Hall–Kier alpha value is -0.810. The third-order valence-corrected chi connectivity index (χ3v) is 3.49. The number of hydrogen-bond acceptors (Lipinski definition) is 3. The fourth-order valence-corrected chi connectivity index (χ4v) is 2.33. The van der Waals surface area contributed by atoms with Gasteiger partial charge in [-0.05, 0) is 45.2 Å². The second-order valence-corrected chi connectivity index (χ2v) is 4.69. The van der Waals surface area contributed by atoms with E-state index in [0.29, 0.717) is 5.82 Å². The second kappa shape index (κ2) is 3.74. The predicted molar refractivity (Wildman–Crippen MR) is 62.5 cm³/mol. The smallest absolute Gasteiger partial charge is 0.136 e. The Labute approximate surface area is 94.7 Å². The number of nitrogens with zero attached hydrogens (tertiary/aromatic N) is 2. The van der Waals surface area contributed by atoms with Crippen LogP contribution in [0.15, 0.2) is 27.5 Å². The Morgan fingerprint density at radius 3 is 2.93 bits per heavy atom. The standard InChI is InChI=1S/C9H10BrN3S/c1-6(7-2-3-14-5-7)13-9(11)8(10)4-12-13/h2-6H,11H2,1H3. The minimum absolute atomic E-state index is 0.188. The van der Waals surface area contributed by atoms with E-state index in [-0.39, 0.29) is 6.04 Å². The summed E-state index contributed by atoms with van der Waals surface area (Å²) in [6.07, 6.45) is 1.72. The van der Waals surface area contributed by atoms with Gasteiger partial charge in [-0.2, -0.15) is 16.4 Å². The average Bonchev–Trinajstić information content (AvgIpc) is 2.77. The van der Waals surface area contributed by atoms with Gasteiger partial charge < -0.3 is 5.73 Å². The van der Waals surface area contributed by atoms with Gasteiger partial charge in [0.05, 0.1) is 16.7 Å². The molecule has 2 rings (SSSR count). The number of nitrogens with two attached hydrogens (primary N) is 1. The molecule has 74 valence electrons. The number of rotatable bonds is 2. The highest BCUT2D eigenvalue weighted by Crippen LogP contribution is 2.26. The monoisotopic (exact) mass is 271 g/mol. The van der Waals surface area contributed by atoms with Crippen LogP contribution in [0.3, 0.4) is 0 Å². The lowest BCUT2D eigenvalue weighted by atomic mass is 10.2. The molecule has 2 N–H and O–H groups in total. The molecule has 0 radical (unpaired) electrons. The van der Waals surface area contributed by atoms with Crippen LogP contribution < -0.4 is 5.73 Å². The number of aromatic nitrogens is 2. The fraction of sp³-hybridized carbons (Fsp3) is 0.222. The van der Waals surface area contributed by atoms with Crippen molar-refractivity contribution in [2.45, 2.75) is 13.0 Å². The van der Waals surface area contributed by atoms with Gasteiger partial charge in [-0.3, -0.25) is 0 Å². The van der Waals surface area contributed by atoms with Crippen LogP contribution in [-0.4, -0.2) is 9.78 Å². The molecule has 0 aliphatic heterocycles. The van der Waals surface area contributed by atoms with Crippen LogP contribution >= 0.6 is 27.3 Å². The van der Waals surface area contributed by atoms with Gasteiger partial charge in [0.25, 0.3) is 0 Å². The SMILES string of the molecule is CC(c1ccsc1)n1ncc(Br)c1N. The molecule has 2 aromatic heterocycles. The van der Waals surface area contributed by atoms with E-state index < -0.39 is 0 Å². The van der Waals surface area contributed by atoms with Crippen molar-refractivity contribution in [3.63, 3.8) is 0 Å². The van der Waals surface area contributed by atoms with Gasteiger partial charge in [0.15, 0.2) is 0 Å². The molecule has 0 spiro atoms. The van der Waals surface area contributed by atoms with E-state index in [9.17, 15) is 0 Å². The molecule has 0 saturated carbocycles. The summed E-state index contributed by atoms with van der Waals surface area (Å²) in [6, 6.07) is 2.28. The number of halogens is 1. The lowest BCUT2D eigenvalue weighted by Crippen LogP contribution is -2.10. The van der Waals surface area contributed by atoms with Crippen LogP contribution in [0.25, 0.3) is 0 Å². The third kappa shape index (κ3) is 1.57. The number of hydrogen-bond donors (Lipinski definition) is 1. The van der Waals surface area contributed by atoms with Gasteiger partial charge in [0, 0.05) is 0 Å². The largest absolute Gasteiger partial charge is 0.383 e. The zero-order valence-corrected chi connectivity index (χ0v) is 10.0. The van der Waals surface area contributed by atoms with E-state index in [1.165, 1.54) is 5.56 Å². The first-order valence-electron chi connectivity index (χ1n) is 4.20. The van der Waals surface area contributed by atoms with Crippen LogP contribution in [0.4, 0.5) is 5.82 Å². The summed E-state index contributed by atoms with van der Waals surface area (Å²) in [6.45, 7) is 2.08. The van der Waals surface area contributed by atoms with Crippen molar-refractivity contribution in [2.24, 2.45) is 0 Å². The molecule has 0 fully saturated rings. The number of nitrogen functional groups attached to an aromatic ring is 1. The highest BCUT2D eigenvalue weighted by Gasteiger charge is 2.13. The van der Waals surface area contributed by atoms with E-state index in [0.717, 1.165) is 4.47 Å². The van der Waals surface area contributed by atoms with Crippen molar-refractivity contribution in [3.8, 4) is 0 Å². The zero-order valence-electron chi connectivity index (χ0n) is 7.64. The molecule has 0 saturated heterocycles. The molecule has 0 aromatic carbocycles. The molecule has 0 aliphatic rings. The second-order valence-electron chi connectivity index (χ2n) is 3.05. The van der Waals surface area contributed by atoms with Crippen LogP contribution in [-0.2, 0) is 0 Å². The van der Waals surface area contributed by atoms with Gasteiger partial charge in [0.1, 0.15) is 5.82 Å². The maximum Gasteiger partial charge on any atom is 0.136 e. The molecule has 0 amide bonds. The molecular formula is C9H10BrN3S. The highest BCUT2D eigenvalue weighted by molar-refractivity contribution is 9.10. The predicted octanol–water partition coefficient (Wildman–Crippen LogP) is 2.90. The molecule has 5 heteroatoms. The summed E-state index contributed by atoms with van der Waals surface area (Å²) >= 11 is 5.02. The first-order chi connectivity index (χ1) is 6.70.